The van der Waals surface area contributed by atoms with Gasteiger partial charge in [-0.15, -0.1) is 0 Å². The van der Waals surface area contributed by atoms with Crippen molar-refractivity contribution in [3.05, 3.63) is 107 Å². The molecule has 20 nitrogen and oxygen atoms in total. The number of halogens is 13. The fourth-order valence-electron chi connectivity index (χ4n) is 3.44. The van der Waals surface area contributed by atoms with E-state index in [2.05, 4.69) is 20.3 Å². The van der Waals surface area contributed by atoms with E-state index >= 15 is 0 Å². The molecule has 0 atom stereocenters. The summed E-state index contributed by atoms with van der Waals surface area (Å²) in [5.41, 5.74) is -4.89. The number of alkyl halides is 12. The Morgan fingerprint density at radius 1 is 0.606 bits per heavy atom. The number of hydroxylamine groups is 2. The molecule has 3 aromatic rings. The van der Waals surface area contributed by atoms with Crippen LogP contribution < -0.4 is 26.5 Å². The lowest BCUT2D eigenvalue weighted by Gasteiger charge is -2.20. The van der Waals surface area contributed by atoms with Crippen LogP contribution in [0.1, 0.15) is 58.2 Å². The van der Waals surface area contributed by atoms with E-state index in [1.165, 1.54) is 5.48 Å². The molecule has 2 amide bonds. The first-order valence-corrected chi connectivity index (χ1v) is 16.5. The summed E-state index contributed by atoms with van der Waals surface area (Å²) in [6.07, 6.45) is -22.2. The van der Waals surface area contributed by atoms with Gasteiger partial charge in [-0.05, 0) is 59.7 Å². The second kappa shape index (κ2) is 24.7. The number of amides is 2. The molecule has 0 bridgehead atoms. The number of rotatable bonds is 6. The van der Waals surface area contributed by atoms with Gasteiger partial charge in [0.15, 0.2) is 11.5 Å². The van der Waals surface area contributed by atoms with E-state index in [0.717, 1.165) is 24.3 Å². The third-order valence-electron chi connectivity index (χ3n) is 5.82. The predicted octanol–water partition coefficient (Wildman–Crippen LogP) is 9.70. The fourth-order valence-corrected chi connectivity index (χ4v) is 3.44. The summed E-state index contributed by atoms with van der Waals surface area (Å²) in [6.45, 7) is 9.80. The number of non-ortho nitro benzene ring substituents is 3. The van der Waals surface area contributed by atoms with E-state index in [9.17, 15) is 97.0 Å². The van der Waals surface area contributed by atoms with Gasteiger partial charge in [-0.1, -0.05) is 0 Å². The van der Waals surface area contributed by atoms with Crippen molar-refractivity contribution in [1.82, 2.24) is 11.0 Å². The second-order valence-electron chi connectivity index (χ2n) is 13.4. The summed E-state index contributed by atoms with van der Waals surface area (Å²) in [4.78, 5) is 66.7. The largest absolute Gasteiger partial charge is 0.446 e. The van der Waals surface area contributed by atoms with Crippen LogP contribution in [-0.4, -0.2) is 55.8 Å². The number of carbonyl (C=O) groups excluding carboxylic acids is 3. The highest BCUT2D eigenvalue weighted by Crippen LogP contribution is 2.39. The maximum absolute atomic E-state index is 12.8. The minimum atomic E-state index is -4.92. The maximum Gasteiger partial charge on any atom is 0.446 e. The van der Waals surface area contributed by atoms with Crippen molar-refractivity contribution in [3.8, 4) is 11.5 Å². The topological polar surface area (TPSA) is 288 Å². The monoisotopic (exact) mass is 984 g/mol. The molecule has 0 aromatic heterocycles. The number of nitrogens with one attached hydrogen (secondary N) is 2. The lowest BCUT2D eigenvalue weighted by molar-refractivity contribution is -0.385. The van der Waals surface area contributed by atoms with Crippen molar-refractivity contribution in [1.29, 1.82) is 0 Å². The molecule has 0 aliphatic heterocycles. The molecular weight excluding hydrogens is 951 g/mol. The number of nitro groups is 3. The molecule has 0 heterocycles. The summed E-state index contributed by atoms with van der Waals surface area (Å²) < 4.78 is 165. The standard InChI is InChI=1S/C12H13F3N2O5.C7H3F4NO2.C7H5F3N2O3.C5H11NO3.C2HF3O/c1-11(2,3)21-10(18)16-22-9-5-4-7(17(19)20)6-8(9)12(13,14)15;8-6-2-1-4(12(13)14)3-5(6)7(9,10)11;8-7(9,10)5-3-4(12(13)14)1-2-6(5)15-11;1-5(2,3)9-4(7)6-8;3-2(4,5)1-6/h4-6H,1-3H3,(H,16,18);1-3H;1-3H,11H2;8H,1-3H3,(H,6,7);1H. The summed E-state index contributed by atoms with van der Waals surface area (Å²) in [6, 6.07) is 5.15. The first kappa shape index (κ1) is 60.8. The van der Waals surface area contributed by atoms with Crippen LogP contribution in [-0.2, 0) is 32.8 Å². The van der Waals surface area contributed by atoms with Gasteiger partial charge in [-0.3, -0.25) is 40.3 Å². The lowest BCUT2D eigenvalue weighted by Crippen LogP contribution is -2.34. The Bertz CT molecular complexity index is 2140. The van der Waals surface area contributed by atoms with Gasteiger partial charge in [-0.25, -0.2) is 19.5 Å². The normalized spacial score (nSPS) is 11.3. The Morgan fingerprint density at radius 2 is 0.924 bits per heavy atom. The van der Waals surface area contributed by atoms with Crippen molar-refractivity contribution in [3.63, 3.8) is 0 Å². The molecule has 0 spiro atoms. The highest BCUT2D eigenvalue weighted by atomic mass is 19.4. The molecule has 5 N–H and O–H groups in total. The van der Waals surface area contributed by atoms with Gasteiger partial charge in [-0.2, -0.15) is 64.1 Å². The number of nitro benzene ring substituents is 3. The number of aldehydes is 1. The van der Waals surface area contributed by atoms with Gasteiger partial charge in [0.25, 0.3) is 17.1 Å². The van der Waals surface area contributed by atoms with E-state index in [1.54, 1.807) is 47.0 Å². The van der Waals surface area contributed by atoms with E-state index in [-0.39, 0.29) is 6.07 Å². The zero-order valence-electron chi connectivity index (χ0n) is 33.9. The van der Waals surface area contributed by atoms with Gasteiger partial charge in [0.2, 0.25) is 6.29 Å². The van der Waals surface area contributed by atoms with Crippen LogP contribution in [0.2, 0.25) is 0 Å². The van der Waals surface area contributed by atoms with Gasteiger partial charge in [0, 0.05) is 36.4 Å². The molecule has 0 radical (unpaired) electrons. The number of carbonyl (C=O) groups is 3. The highest BCUT2D eigenvalue weighted by molar-refractivity contribution is 5.67. The number of hydrogen-bond acceptors (Lipinski definition) is 15. The van der Waals surface area contributed by atoms with E-state index in [0.29, 0.717) is 24.3 Å². The third kappa shape index (κ3) is 25.1. The minimum Gasteiger partial charge on any atom is -0.442 e. The number of nitrogens with two attached hydrogens (primary N) is 1. The Kier molecular flexibility index (Phi) is 22.7. The molecule has 0 aliphatic carbocycles. The summed E-state index contributed by atoms with van der Waals surface area (Å²) in [5, 5.41) is 38.8. The van der Waals surface area contributed by atoms with Crippen molar-refractivity contribution in [2.45, 2.75) is 77.4 Å². The van der Waals surface area contributed by atoms with Crippen molar-refractivity contribution in [2.75, 3.05) is 0 Å². The minimum absolute atomic E-state index is 0.162. The first-order chi connectivity index (χ1) is 29.6. The van der Waals surface area contributed by atoms with E-state index < -0.39 is 120 Å². The van der Waals surface area contributed by atoms with Crippen LogP contribution in [0.25, 0.3) is 0 Å². The molecule has 66 heavy (non-hydrogen) atoms. The van der Waals surface area contributed by atoms with Crippen molar-refractivity contribution < 1.29 is 111 Å². The molecule has 0 unspecified atom stereocenters. The quantitative estimate of drug-likeness (QED) is 0.0588. The second-order valence-corrected chi connectivity index (χ2v) is 13.4. The molecule has 0 saturated carbocycles. The van der Waals surface area contributed by atoms with Gasteiger partial charge < -0.3 is 19.1 Å². The van der Waals surface area contributed by atoms with Gasteiger partial charge in [0.1, 0.15) is 28.1 Å². The highest BCUT2D eigenvalue weighted by Gasteiger charge is 2.38. The van der Waals surface area contributed by atoms with Crippen LogP contribution in [0, 0.1) is 36.2 Å². The fraction of sp³-hybridized carbons (Fsp3) is 0.364. The van der Waals surface area contributed by atoms with Crippen LogP contribution in [0.4, 0.5) is 83.7 Å². The Balaban J connectivity index is 0. The number of ether oxygens (including phenoxy) is 2. The van der Waals surface area contributed by atoms with Crippen LogP contribution in [0.5, 0.6) is 11.5 Å². The average Bonchev–Trinajstić information content (AvgIpc) is 3.15. The zero-order valence-corrected chi connectivity index (χ0v) is 33.9. The van der Waals surface area contributed by atoms with Crippen LogP contribution in [0.15, 0.2) is 54.6 Å². The lowest BCUT2D eigenvalue weighted by atomic mass is 10.1. The smallest absolute Gasteiger partial charge is 0.442 e. The molecule has 33 heteroatoms. The number of nitrogens with zero attached hydrogens (tertiary/aromatic N) is 3. The SMILES string of the molecule is CC(C)(C)OC(=O)NO.CC(C)(C)OC(=O)NOc1ccc([N+](=O)[O-])cc1C(F)(F)F.NOc1ccc([N+](=O)[O-])cc1C(F)(F)F.O=CC(F)(F)F.O=[N+]([O-])c1ccc(F)c(C(F)(F)F)c1. The predicted molar refractivity (Wildman–Crippen MR) is 192 cm³/mol. The average molecular weight is 985 g/mol. The summed E-state index contributed by atoms with van der Waals surface area (Å²) in [7, 11) is 0. The molecule has 3 aromatic carbocycles. The summed E-state index contributed by atoms with van der Waals surface area (Å²) >= 11 is 0. The molecule has 370 valence electrons. The van der Waals surface area contributed by atoms with Gasteiger partial charge in [0.05, 0.1) is 20.3 Å². The zero-order chi connectivity index (χ0) is 52.4. The van der Waals surface area contributed by atoms with Gasteiger partial charge >= 0.3 is 36.9 Å². The molecular formula is C33H33F13N6O14. The maximum atomic E-state index is 12.8. The molecule has 0 aliphatic rings. The molecule has 0 saturated heterocycles. The van der Waals surface area contributed by atoms with E-state index in [4.69, 9.17) is 14.7 Å². The molecule has 0 fully saturated rings. The molecule has 3 rings (SSSR count). The summed E-state index contributed by atoms with van der Waals surface area (Å²) in [5.74, 6) is 1.63. The van der Waals surface area contributed by atoms with E-state index in [1.807, 2.05) is 0 Å². The number of benzene rings is 3. The van der Waals surface area contributed by atoms with Crippen molar-refractivity contribution in [2.24, 2.45) is 5.90 Å². The number of hydrogen-bond donors (Lipinski definition) is 4. The first-order valence-electron chi connectivity index (χ1n) is 16.5. The Hall–Kier alpha value is -7.32. The Labute approximate surface area is 359 Å². The third-order valence-corrected chi connectivity index (χ3v) is 5.82. The van der Waals surface area contributed by atoms with Crippen LogP contribution in [0.3, 0.4) is 0 Å². The van der Waals surface area contributed by atoms with Crippen LogP contribution >= 0.6 is 0 Å². The van der Waals surface area contributed by atoms with Crippen molar-refractivity contribution >= 4 is 35.5 Å². The Morgan fingerprint density at radius 3 is 1.21 bits per heavy atom.